The van der Waals surface area contributed by atoms with Crippen molar-refractivity contribution in [1.82, 2.24) is 0 Å². The van der Waals surface area contributed by atoms with Crippen LogP contribution in [0.5, 0.6) is 0 Å². The highest BCUT2D eigenvalue weighted by molar-refractivity contribution is 7.93. The van der Waals surface area contributed by atoms with Gasteiger partial charge in [-0.25, -0.2) is 8.42 Å². The fraction of sp³-hybridized carbons (Fsp3) is 1.00. The molecule has 104 valence electrons. The van der Waals surface area contributed by atoms with E-state index in [-0.39, 0.29) is 0 Å². The van der Waals surface area contributed by atoms with E-state index in [2.05, 4.69) is 0 Å². The molecule has 1 atom stereocenters. The first kappa shape index (κ1) is 17.0. The molecule has 0 saturated carbocycles. The van der Waals surface area contributed by atoms with E-state index >= 15 is 0 Å². The van der Waals surface area contributed by atoms with Crippen LogP contribution in [0.1, 0.15) is 34.1 Å². The van der Waals surface area contributed by atoms with Crippen LogP contribution in [-0.2, 0) is 23.1 Å². The highest BCUT2D eigenvalue weighted by Gasteiger charge is 2.53. The van der Waals surface area contributed by atoms with Crippen molar-refractivity contribution in [2.45, 2.75) is 39.0 Å². The fourth-order valence-electron chi connectivity index (χ4n) is 1.82. The van der Waals surface area contributed by atoms with Crippen molar-refractivity contribution in [2.24, 2.45) is 0 Å². The third-order valence-electron chi connectivity index (χ3n) is 2.32. The molecule has 0 bridgehead atoms. The monoisotopic (exact) mass is 284 g/mol. The van der Waals surface area contributed by atoms with Gasteiger partial charge in [0.05, 0.1) is 0 Å². The topological polar surface area (TPSA) is 61.8 Å². The van der Waals surface area contributed by atoms with Gasteiger partial charge >= 0.3 is 8.80 Å². The highest BCUT2D eigenvalue weighted by Crippen LogP contribution is 2.23. The summed E-state index contributed by atoms with van der Waals surface area (Å²) in [6.07, 6.45) is 1.64. The third kappa shape index (κ3) is 4.67. The molecule has 0 rings (SSSR count). The summed E-state index contributed by atoms with van der Waals surface area (Å²) in [7, 11) is -6.40. The summed E-state index contributed by atoms with van der Waals surface area (Å²) in [6, 6.07) is 0. The molecule has 0 aromatic rings. The van der Waals surface area contributed by atoms with Crippen LogP contribution in [0.3, 0.4) is 0 Å². The van der Waals surface area contributed by atoms with Crippen LogP contribution in [0.4, 0.5) is 0 Å². The average Bonchev–Trinajstić information content (AvgIpc) is 2.17. The van der Waals surface area contributed by atoms with Gasteiger partial charge < -0.3 is 13.3 Å². The Morgan fingerprint density at radius 1 is 0.941 bits per heavy atom. The number of hydrogen-bond donors (Lipinski definition) is 0. The van der Waals surface area contributed by atoms with Gasteiger partial charge in [0.15, 0.2) is 9.84 Å². The molecule has 0 aliphatic carbocycles. The van der Waals surface area contributed by atoms with Gasteiger partial charge in [0, 0.05) is 26.1 Å². The first-order chi connectivity index (χ1) is 7.87. The second-order valence-electron chi connectivity index (χ2n) is 3.63. The molecule has 7 heteroatoms. The maximum atomic E-state index is 11.8. The van der Waals surface area contributed by atoms with Gasteiger partial charge in [-0.3, -0.25) is 0 Å². The highest BCUT2D eigenvalue weighted by atomic mass is 32.2. The lowest BCUT2D eigenvalue weighted by Gasteiger charge is -2.33. The van der Waals surface area contributed by atoms with E-state index in [9.17, 15) is 8.42 Å². The first-order valence-corrected chi connectivity index (χ1v) is 9.74. The van der Waals surface area contributed by atoms with Crippen molar-refractivity contribution in [3.63, 3.8) is 0 Å². The zero-order valence-electron chi connectivity index (χ0n) is 11.4. The van der Waals surface area contributed by atoms with Crippen molar-refractivity contribution in [3.8, 4) is 0 Å². The van der Waals surface area contributed by atoms with E-state index in [4.69, 9.17) is 13.3 Å². The van der Waals surface area contributed by atoms with Crippen molar-refractivity contribution in [3.05, 3.63) is 0 Å². The lowest BCUT2D eigenvalue weighted by atomic mass is 10.6. The van der Waals surface area contributed by atoms with Crippen LogP contribution < -0.4 is 0 Å². The van der Waals surface area contributed by atoms with Gasteiger partial charge in [-0.05, 0) is 27.2 Å². The molecular weight excluding hydrogens is 260 g/mol. The van der Waals surface area contributed by atoms with E-state index in [1.807, 2.05) is 27.7 Å². The molecule has 0 saturated heterocycles. The Labute approximate surface area is 106 Å². The van der Waals surface area contributed by atoms with Crippen molar-refractivity contribution < 1.29 is 21.7 Å². The SMILES string of the molecule is CCO[Si](OCC)(OCC)C(CC)S(C)(=O)=O. The summed E-state index contributed by atoms with van der Waals surface area (Å²) in [6.45, 7) is 8.41. The van der Waals surface area contributed by atoms with E-state index in [1.54, 1.807) is 0 Å². The summed E-state index contributed by atoms with van der Waals surface area (Å²) < 4.78 is 40.5. The summed E-state index contributed by atoms with van der Waals surface area (Å²) >= 11 is 0. The Morgan fingerprint density at radius 2 is 1.29 bits per heavy atom. The maximum absolute atomic E-state index is 11.8. The molecule has 0 fully saturated rings. The molecule has 0 heterocycles. The molecule has 0 aliphatic heterocycles. The lowest BCUT2D eigenvalue weighted by molar-refractivity contribution is 0.0685. The van der Waals surface area contributed by atoms with E-state index < -0.39 is 23.5 Å². The number of sulfone groups is 1. The standard InChI is InChI=1S/C10H24O5SSi/c1-6-10(16(5,11)12)17(13-7-2,14-8-3)15-9-4/h10H,6-9H2,1-5H3. The molecule has 0 aromatic carbocycles. The van der Waals surface area contributed by atoms with E-state index in [0.29, 0.717) is 26.2 Å². The smallest absolute Gasteiger partial charge is 0.373 e. The zero-order valence-corrected chi connectivity index (χ0v) is 13.2. The van der Waals surface area contributed by atoms with Crippen LogP contribution in [0.2, 0.25) is 0 Å². The minimum Gasteiger partial charge on any atom is -0.373 e. The Morgan fingerprint density at radius 3 is 1.47 bits per heavy atom. The second kappa shape index (κ2) is 7.47. The lowest BCUT2D eigenvalue weighted by Crippen LogP contribution is -2.59. The Balaban J connectivity index is 5.34. The fourth-order valence-corrected chi connectivity index (χ4v) is 7.65. The van der Waals surface area contributed by atoms with Crippen LogP contribution in [0.25, 0.3) is 0 Å². The normalized spacial score (nSPS) is 14.9. The van der Waals surface area contributed by atoms with E-state index in [0.717, 1.165) is 0 Å². The maximum Gasteiger partial charge on any atom is 0.519 e. The second-order valence-corrected chi connectivity index (χ2v) is 9.05. The summed E-state index contributed by atoms with van der Waals surface area (Å²) in [5, 5.41) is 0. The summed E-state index contributed by atoms with van der Waals surface area (Å²) in [5.41, 5.74) is 0. The molecule has 0 radical (unpaired) electrons. The first-order valence-electron chi connectivity index (χ1n) is 5.98. The number of rotatable bonds is 9. The van der Waals surface area contributed by atoms with Gasteiger partial charge in [0.2, 0.25) is 0 Å². The molecule has 17 heavy (non-hydrogen) atoms. The predicted molar refractivity (Wildman–Crippen MR) is 69.6 cm³/mol. The minimum absolute atomic E-state index is 0.387. The average molecular weight is 284 g/mol. The van der Waals surface area contributed by atoms with Crippen LogP contribution in [0, 0.1) is 0 Å². The van der Waals surface area contributed by atoms with Gasteiger partial charge in [-0.1, -0.05) is 6.92 Å². The zero-order chi connectivity index (χ0) is 13.5. The molecule has 0 aromatic heterocycles. The third-order valence-corrected chi connectivity index (χ3v) is 9.11. The summed E-state index contributed by atoms with van der Waals surface area (Å²) in [5.74, 6) is 0. The molecule has 1 unspecified atom stereocenters. The van der Waals surface area contributed by atoms with Crippen molar-refractivity contribution in [1.29, 1.82) is 0 Å². The quantitative estimate of drug-likeness (QED) is 0.599. The van der Waals surface area contributed by atoms with Gasteiger partial charge in [0.1, 0.15) is 4.87 Å². The van der Waals surface area contributed by atoms with Crippen LogP contribution in [0.15, 0.2) is 0 Å². The van der Waals surface area contributed by atoms with Crippen molar-refractivity contribution >= 4 is 18.6 Å². The molecular formula is C10H24O5SSi. The molecule has 0 aliphatic rings. The molecule has 0 amide bonds. The Bertz CT molecular complexity index is 287. The largest absolute Gasteiger partial charge is 0.519 e. The molecule has 5 nitrogen and oxygen atoms in total. The van der Waals surface area contributed by atoms with E-state index in [1.165, 1.54) is 6.26 Å². The van der Waals surface area contributed by atoms with Crippen molar-refractivity contribution in [2.75, 3.05) is 26.1 Å². The van der Waals surface area contributed by atoms with Gasteiger partial charge in [-0.2, -0.15) is 0 Å². The Hall–Kier alpha value is 0.0469. The molecule has 0 spiro atoms. The van der Waals surface area contributed by atoms with Gasteiger partial charge in [0.25, 0.3) is 0 Å². The van der Waals surface area contributed by atoms with Crippen LogP contribution in [-0.4, -0.2) is 48.2 Å². The minimum atomic E-state index is -3.25. The number of hydrogen-bond acceptors (Lipinski definition) is 5. The molecule has 0 N–H and O–H groups in total. The van der Waals surface area contributed by atoms with Gasteiger partial charge in [-0.15, -0.1) is 0 Å². The summed E-state index contributed by atoms with van der Waals surface area (Å²) in [4.78, 5) is -0.685. The Kier molecular flexibility index (Phi) is 7.50. The van der Waals surface area contributed by atoms with Crippen LogP contribution >= 0.6 is 0 Å². The predicted octanol–water partition coefficient (Wildman–Crippen LogP) is 1.40.